The van der Waals surface area contributed by atoms with Crippen LogP contribution in [0.1, 0.15) is 71.0 Å². The normalized spacial score (nSPS) is 13.6. The van der Waals surface area contributed by atoms with Crippen LogP contribution in [0.2, 0.25) is 0 Å². The lowest BCUT2D eigenvalue weighted by atomic mass is 10.0. The van der Waals surface area contributed by atoms with E-state index < -0.39 is 47.9 Å². The first-order chi connectivity index (χ1) is 15.8. The topological polar surface area (TPSA) is 131 Å². The van der Waals surface area contributed by atoms with Crippen molar-refractivity contribution >= 4 is 23.8 Å². The van der Waals surface area contributed by atoms with Gasteiger partial charge in [-0.15, -0.1) is 0 Å². The molecule has 0 spiro atoms. The molecular formula is C25H36N4O5. The van der Waals surface area contributed by atoms with Crippen LogP contribution in [-0.2, 0) is 19.1 Å². The van der Waals surface area contributed by atoms with E-state index in [0.29, 0.717) is 5.56 Å². The van der Waals surface area contributed by atoms with Crippen LogP contribution in [-0.4, -0.2) is 46.4 Å². The highest BCUT2D eigenvalue weighted by Gasteiger charge is 2.36. The van der Waals surface area contributed by atoms with E-state index in [-0.39, 0.29) is 6.04 Å². The van der Waals surface area contributed by atoms with Gasteiger partial charge in [0.2, 0.25) is 11.8 Å². The number of nitrogens with one attached hydrogen (secondary N) is 2. The van der Waals surface area contributed by atoms with Gasteiger partial charge in [0.25, 0.3) is 5.91 Å². The van der Waals surface area contributed by atoms with Gasteiger partial charge in [0.05, 0.1) is 6.42 Å². The van der Waals surface area contributed by atoms with E-state index in [0.717, 1.165) is 23.3 Å². The van der Waals surface area contributed by atoms with Crippen LogP contribution in [0.15, 0.2) is 24.3 Å². The van der Waals surface area contributed by atoms with Gasteiger partial charge in [0.15, 0.2) is 0 Å². The van der Waals surface area contributed by atoms with E-state index in [1.54, 1.807) is 45.0 Å². The van der Waals surface area contributed by atoms with Crippen LogP contribution >= 0.6 is 0 Å². The number of nitrogens with zero attached hydrogens (tertiary/aromatic N) is 1. The molecule has 0 aromatic heterocycles. The third kappa shape index (κ3) is 9.14. The number of hydrogen-bond donors (Lipinski definition) is 3. The average Bonchev–Trinajstić information content (AvgIpc) is 2.70. The van der Waals surface area contributed by atoms with Gasteiger partial charge in [-0.1, -0.05) is 49.6 Å². The molecule has 4 amide bonds. The predicted molar refractivity (Wildman–Crippen MR) is 129 cm³/mol. The number of carbonyl (C=O) groups is 4. The molecule has 3 unspecified atom stereocenters. The zero-order chi connectivity index (χ0) is 26.1. The Morgan fingerprint density at radius 2 is 1.74 bits per heavy atom. The number of primary amides is 1. The van der Waals surface area contributed by atoms with Crippen molar-refractivity contribution in [1.82, 2.24) is 15.5 Å². The molecule has 34 heavy (non-hydrogen) atoms. The Morgan fingerprint density at radius 1 is 1.15 bits per heavy atom. The smallest absolute Gasteiger partial charge is 0.408 e. The molecule has 0 heterocycles. The fourth-order valence-electron chi connectivity index (χ4n) is 3.28. The molecule has 0 bridgehead atoms. The van der Waals surface area contributed by atoms with Crippen molar-refractivity contribution in [3.8, 4) is 12.5 Å². The summed E-state index contributed by atoms with van der Waals surface area (Å²) >= 11 is 0. The first-order valence-corrected chi connectivity index (χ1v) is 11.2. The van der Waals surface area contributed by atoms with Gasteiger partial charge >= 0.3 is 6.09 Å². The average molecular weight is 473 g/mol. The van der Waals surface area contributed by atoms with Gasteiger partial charge in [-0.3, -0.25) is 19.3 Å². The molecule has 9 nitrogen and oxygen atoms in total. The van der Waals surface area contributed by atoms with E-state index in [1.807, 2.05) is 20.8 Å². The third-order valence-electron chi connectivity index (χ3n) is 4.78. The van der Waals surface area contributed by atoms with Gasteiger partial charge < -0.3 is 21.1 Å². The second-order valence-corrected chi connectivity index (χ2v) is 9.22. The molecule has 4 N–H and O–H groups in total. The monoisotopic (exact) mass is 472 g/mol. The lowest BCUT2D eigenvalue weighted by Crippen LogP contribution is -2.53. The molecule has 1 aromatic rings. The number of carbonyl (C=O) groups excluding carboxylic acids is 4. The fraction of sp³-hybridized carbons (Fsp3) is 0.520. The van der Waals surface area contributed by atoms with Crippen LogP contribution in [0, 0.1) is 19.4 Å². The minimum atomic E-state index is -1.42. The largest absolute Gasteiger partial charge is 0.444 e. The zero-order valence-electron chi connectivity index (χ0n) is 20.8. The molecule has 3 atom stereocenters. The van der Waals surface area contributed by atoms with Gasteiger partial charge in [0, 0.05) is 12.1 Å². The van der Waals surface area contributed by atoms with Crippen molar-refractivity contribution in [2.75, 3.05) is 0 Å². The molecule has 186 valence electrons. The standard InChI is InChI=1S/C25H36N4O5/c1-8-10-17(4)27-22(31)21(18-13-11-16(3)12-14-18)29(9-2)23(32)19(15-20(26)30)28-24(33)34-25(5,6)7/h2,11-14,17,19,21H,8,10,15H2,1,3-7H3,(H2,26,30)(H,27,31)(H,28,33). The number of alkyl carbamates (subject to hydrolysis) is 1. The number of benzene rings is 1. The van der Waals surface area contributed by atoms with Gasteiger partial charge in [0.1, 0.15) is 17.7 Å². The highest BCUT2D eigenvalue weighted by Crippen LogP contribution is 2.23. The van der Waals surface area contributed by atoms with E-state index in [1.165, 1.54) is 0 Å². The number of aryl methyl sites for hydroxylation is 1. The highest BCUT2D eigenvalue weighted by molar-refractivity contribution is 5.95. The quantitative estimate of drug-likeness (QED) is 0.356. The summed E-state index contributed by atoms with van der Waals surface area (Å²) in [5, 5.41) is 5.24. The third-order valence-corrected chi connectivity index (χ3v) is 4.78. The Labute approximate surface area is 201 Å². The SMILES string of the molecule is C#CN(C(=O)C(CC(N)=O)NC(=O)OC(C)(C)C)C(C(=O)NC(C)CCC)c1ccc(C)cc1. The number of amides is 4. The molecular weight excluding hydrogens is 436 g/mol. The summed E-state index contributed by atoms with van der Waals surface area (Å²) in [4.78, 5) is 51.5. The minimum Gasteiger partial charge on any atom is -0.444 e. The first-order valence-electron chi connectivity index (χ1n) is 11.2. The predicted octanol–water partition coefficient (Wildman–Crippen LogP) is 2.53. The number of ether oxygens (including phenoxy) is 1. The summed E-state index contributed by atoms with van der Waals surface area (Å²) in [7, 11) is 0. The number of rotatable bonds is 10. The summed E-state index contributed by atoms with van der Waals surface area (Å²) in [6.07, 6.45) is 5.84. The van der Waals surface area contributed by atoms with Crippen molar-refractivity contribution < 1.29 is 23.9 Å². The summed E-state index contributed by atoms with van der Waals surface area (Å²) in [5.41, 5.74) is 5.91. The summed E-state index contributed by atoms with van der Waals surface area (Å²) in [6.45, 7) is 10.7. The van der Waals surface area contributed by atoms with Crippen LogP contribution in [0.3, 0.4) is 0 Å². The molecule has 0 saturated heterocycles. The first kappa shape index (κ1) is 28.5. The molecule has 1 rings (SSSR count). The van der Waals surface area contributed by atoms with Crippen molar-refractivity contribution in [3.63, 3.8) is 0 Å². The number of terminal acetylenes is 1. The number of nitrogens with two attached hydrogens (primary N) is 1. The zero-order valence-corrected chi connectivity index (χ0v) is 20.8. The Morgan fingerprint density at radius 3 is 2.21 bits per heavy atom. The van der Waals surface area contributed by atoms with Crippen LogP contribution in [0.25, 0.3) is 0 Å². The Balaban J connectivity index is 3.36. The maximum atomic E-state index is 13.4. The van der Waals surface area contributed by atoms with Gasteiger partial charge in [-0.2, -0.15) is 0 Å². The second-order valence-electron chi connectivity index (χ2n) is 9.22. The Hall–Kier alpha value is -3.54. The Bertz CT molecular complexity index is 915. The summed E-state index contributed by atoms with van der Waals surface area (Å²) < 4.78 is 5.19. The lowest BCUT2D eigenvalue weighted by molar-refractivity contribution is -0.139. The molecule has 0 fully saturated rings. The fourth-order valence-corrected chi connectivity index (χ4v) is 3.28. The molecule has 0 aliphatic heterocycles. The van der Waals surface area contributed by atoms with Crippen molar-refractivity contribution in [2.45, 2.75) is 84.5 Å². The van der Waals surface area contributed by atoms with Crippen LogP contribution in [0.4, 0.5) is 4.79 Å². The molecule has 0 aliphatic rings. The lowest BCUT2D eigenvalue weighted by Gasteiger charge is -2.31. The van der Waals surface area contributed by atoms with E-state index in [4.69, 9.17) is 16.9 Å². The second kappa shape index (κ2) is 12.6. The van der Waals surface area contributed by atoms with E-state index in [9.17, 15) is 19.2 Å². The summed E-state index contributed by atoms with van der Waals surface area (Å²) in [5.74, 6) is -2.15. The van der Waals surface area contributed by atoms with Crippen LogP contribution < -0.4 is 16.4 Å². The molecule has 0 aliphatic carbocycles. The maximum absolute atomic E-state index is 13.4. The molecule has 0 saturated carbocycles. The van der Waals surface area contributed by atoms with Crippen molar-refractivity contribution in [3.05, 3.63) is 35.4 Å². The maximum Gasteiger partial charge on any atom is 0.408 e. The minimum absolute atomic E-state index is 0.151. The van der Waals surface area contributed by atoms with Crippen molar-refractivity contribution in [1.29, 1.82) is 0 Å². The van der Waals surface area contributed by atoms with E-state index in [2.05, 4.69) is 16.7 Å². The van der Waals surface area contributed by atoms with Gasteiger partial charge in [-0.05, 0) is 46.6 Å². The number of hydrogen-bond acceptors (Lipinski definition) is 5. The molecule has 1 aromatic carbocycles. The highest BCUT2D eigenvalue weighted by atomic mass is 16.6. The van der Waals surface area contributed by atoms with E-state index >= 15 is 0 Å². The molecule has 9 heteroatoms. The molecule has 0 radical (unpaired) electrons. The Kier molecular flexibility index (Phi) is 10.6. The van der Waals surface area contributed by atoms with Crippen LogP contribution in [0.5, 0.6) is 0 Å². The van der Waals surface area contributed by atoms with Gasteiger partial charge in [-0.25, -0.2) is 4.79 Å². The summed E-state index contributed by atoms with van der Waals surface area (Å²) in [6, 6.07) is 6.49. The van der Waals surface area contributed by atoms with Crippen molar-refractivity contribution in [2.24, 2.45) is 5.73 Å².